The molecule has 116 valence electrons. The number of hydrogen-bond donors (Lipinski definition) is 0. The van der Waals surface area contributed by atoms with Crippen molar-refractivity contribution in [3.8, 4) is 0 Å². The van der Waals surface area contributed by atoms with Gasteiger partial charge in [-0.3, -0.25) is 14.9 Å². The van der Waals surface area contributed by atoms with Crippen molar-refractivity contribution in [1.29, 1.82) is 0 Å². The Hall–Kier alpha value is -2.67. The number of carbonyl (C=O) groups excluding carboxylic acids is 2. The predicted molar refractivity (Wildman–Crippen MR) is 83.5 cm³/mol. The van der Waals surface area contributed by atoms with Gasteiger partial charge in [0, 0.05) is 22.6 Å². The van der Waals surface area contributed by atoms with E-state index in [0.29, 0.717) is 11.1 Å². The molecule has 0 radical (unpaired) electrons. The molecule has 0 aliphatic carbocycles. The van der Waals surface area contributed by atoms with Gasteiger partial charge in [-0.1, -0.05) is 23.9 Å². The first-order valence-electron chi connectivity index (χ1n) is 6.79. The lowest BCUT2D eigenvalue weighted by Gasteiger charge is -2.23. The maximum absolute atomic E-state index is 12.2. The van der Waals surface area contributed by atoms with Gasteiger partial charge in [0.1, 0.15) is 0 Å². The summed E-state index contributed by atoms with van der Waals surface area (Å²) >= 11 is 1.32. The zero-order valence-electron chi connectivity index (χ0n) is 11.8. The number of nitro groups is 1. The van der Waals surface area contributed by atoms with Gasteiger partial charge in [-0.25, -0.2) is 4.79 Å². The molecule has 3 rings (SSSR count). The maximum atomic E-state index is 12.2. The number of hydrogen-bond acceptors (Lipinski definition) is 6. The van der Waals surface area contributed by atoms with E-state index in [1.165, 1.54) is 36.0 Å². The van der Waals surface area contributed by atoms with Gasteiger partial charge in [-0.05, 0) is 24.3 Å². The molecule has 1 unspecified atom stereocenters. The van der Waals surface area contributed by atoms with Crippen molar-refractivity contribution in [1.82, 2.24) is 0 Å². The second-order valence-corrected chi connectivity index (χ2v) is 6.08. The lowest BCUT2D eigenvalue weighted by Crippen LogP contribution is -2.23. The van der Waals surface area contributed by atoms with Crippen molar-refractivity contribution >= 4 is 29.2 Å². The Morgan fingerprint density at radius 2 is 1.87 bits per heavy atom. The Labute approximate surface area is 135 Å². The van der Waals surface area contributed by atoms with Gasteiger partial charge in [0.15, 0.2) is 11.2 Å². The first-order valence-corrected chi connectivity index (χ1v) is 7.67. The number of carbonyl (C=O) groups is 2. The van der Waals surface area contributed by atoms with Gasteiger partial charge < -0.3 is 4.74 Å². The van der Waals surface area contributed by atoms with Crippen LogP contribution in [0.5, 0.6) is 0 Å². The average molecular weight is 329 g/mol. The van der Waals surface area contributed by atoms with Crippen LogP contribution in [0.3, 0.4) is 0 Å². The van der Waals surface area contributed by atoms with E-state index in [1.54, 1.807) is 12.1 Å². The zero-order valence-corrected chi connectivity index (χ0v) is 12.6. The number of Topliss-reactive ketones (excluding diaryl/α,β-unsaturated/α-hetero) is 1. The number of esters is 1. The molecule has 0 saturated carbocycles. The van der Waals surface area contributed by atoms with Gasteiger partial charge in [-0.2, -0.15) is 0 Å². The van der Waals surface area contributed by atoms with E-state index in [1.807, 2.05) is 12.1 Å². The molecular formula is C16H11NO5S. The molecule has 23 heavy (non-hydrogen) atoms. The second kappa shape index (κ2) is 6.21. The van der Waals surface area contributed by atoms with Crippen LogP contribution in [0.2, 0.25) is 0 Å². The number of thioether (sulfide) groups is 1. The minimum atomic E-state index is -0.597. The number of nitrogens with zero attached hydrogens (tertiary/aromatic N) is 1. The molecule has 1 atom stereocenters. The Balaban J connectivity index is 1.71. The highest BCUT2D eigenvalue weighted by Gasteiger charge is 2.28. The molecule has 1 heterocycles. The summed E-state index contributed by atoms with van der Waals surface area (Å²) in [6, 6.07) is 12.4. The average Bonchev–Trinajstić information content (AvgIpc) is 2.55. The zero-order chi connectivity index (χ0) is 16.4. The Morgan fingerprint density at radius 3 is 2.57 bits per heavy atom. The highest BCUT2D eigenvalue weighted by Crippen LogP contribution is 2.35. The van der Waals surface area contributed by atoms with E-state index in [4.69, 9.17) is 4.74 Å². The minimum absolute atomic E-state index is 0.0164. The third kappa shape index (κ3) is 3.24. The first kappa shape index (κ1) is 15.2. The number of nitro benzene ring substituents is 1. The molecule has 0 N–H and O–H groups in total. The van der Waals surface area contributed by atoms with Crippen LogP contribution in [0.1, 0.15) is 27.1 Å². The maximum Gasteiger partial charge on any atom is 0.340 e. The molecule has 0 aromatic heterocycles. The van der Waals surface area contributed by atoms with Crippen molar-refractivity contribution in [3.63, 3.8) is 0 Å². The van der Waals surface area contributed by atoms with E-state index in [0.717, 1.165) is 4.90 Å². The van der Waals surface area contributed by atoms with Gasteiger partial charge in [0.05, 0.1) is 16.9 Å². The summed E-state index contributed by atoms with van der Waals surface area (Å²) in [4.78, 5) is 35.0. The summed E-state index contributed by atoms with van der Waals surface area (Å²) in [6.07, 6.45) is 0.0164. The van der Waals surface area contributed by atoms with Crippen LogP contribution in [-0.2, 0) is 4.74 Å². The Bertz CT molecular complexity index is 787. The molecule has 0 amide bonds. The molecule has 2 aromatic carbocycles. The standard InChI is InChI=1S/C16H11NO5S/c18-13(10-5-7-11(8-6-10)17(20)21)9-15-22-16(19)12-3-1-2-4-14(12)23-15/h1-8,15H,9H2. The first-order chi connectivity index (χ1) is 11.0. The molecule has 0 fully saturated rings. The van der Waals surface area contributed by atoms with Crippen molar-refractivity contribution in [2.45, 2.75) is 16.8 Å². The predicted octanol–water partition coefficient (Wildman–Crippen LogP) is 3.46. The summed E-state index contributed by atoms with van der Waals surface area (Å²) in [5.74, 6) is -0.676. The lowest BCUT2D eigenvalue weighted by molar-refractivity contribution is -0.384. The fraction of sp³-hybridized carbons (Fsp3) is 0.125. The van der Waals surface area contributed by atoms with E-state index in [-0.39, 0.29) is 17.9 Å². The Morgan fingerprint density at radius 1 is 1.17 bits per heavy atom. The van der Waals surface area contributed by atoms with Crippen molar-refractivity contribution in [3.05, 3.63) is 69.8 Å². The quantitative estimate of drug-likeness (QED) is 0.369. The molecule has 0 spiro atoms. The summed E-state index contributed by atoms with van der Waals surface area (Å²) in [5.41, 5.74) is 0.177. The molecule has 0 bridgehead atoms. The van der Waals surface area contributed by atoms with Crippen molar-refractivity contribution in [2.75, 3.05) is 0 Å². The van der Waals surface area contributed by atoms with E-state index in [2.05, 4.69) is 0 Å². The van der Waals surface area contributed by atoms with Gasteiger partial charge in [-0.15, -0.1) is 0 Å². The number of ether oxygens (including phenoxy) is 1. The highest BCUT2D eigenvalue weighted by atomic mass is 32.2. The number of fused-ring (bicyclic) bond motifs is 1. The number of benzene rings is 2. The fourth-order valence-corrected chi connectivity index (χ4v) is 3.30. The molecule has 2 aromatic rings. The smallest absolute Gasteiger partial charge is 0.340 e. The Kier molecular flexibility index (Phi) is 4.12. The second-order valence-electron chi connectivity index (χ2n) is 4.88. The molecule has 6 nitrogen and oxygen atoms in total. The summed E-state index contributed by atoms with van der Waals surface area (Å²) in [7, 11) is 0. The summed E-state index contributed by atoms with van der Waals surface area (Å²) in [6.45, 7) is 0. The van der Waals surface area contributed by atoms with E-state index < -0.39 is 16.3 Å². The fourth-order valence-electron chi connectivity index (χ4n) is 2.21. The molecular weight excluding hydrogens is 318 g/mol. The van der Waals surface area contributed by atoms with Crippen LogP contribution in [0.15, 0.2) is 53.4 Å². The normalized spacial score (nSPS) is 16.3. The van der Waals surface area contributed by atoms with Crippen LogP contribution >= 0.6 is 11.8 Å². The SMILES string of the molecule is O=C(CC1OC(=O)c2ccccc2S1)c1ccc([N+](=O)[O-])cc1. The molecule has 1 aliphatic rings. The van der Waals surface area contributed by atoms with Crippen LogP contribution < -0.4 is 0 Å². The van der Waals surface area contributed by atoms with E-state index >= 15 is 0 Å². The largest absolute Gasteiger partial charge is 0.447 e. The van der Waals surface area contributed by atoms with Crippen molar-refractivity contribution in [2.24, 2.45) is 0 Å². The monoisotopic (exact) mass is 329 g/mol. The number of cyclic esters (lactones) is 1. The van der Waals surface area contributed by atoms with Gasteiger partial charge in [0.2, 0.25) is 0 Å². The third-order valence-electron chi connectivity index (χ3n) is 3.36. The number of non-ortho nitro benzene ring substituents is 1. The van der Waals surface area contributed by atoms with Gasteiger partial charge in [0.25, 0.3) is 5.69 Å². The number of rotatable bonds is 4. The number of ketones is 1. The van der Waals surface area contributed by atoms with Crippen LogP contribution in [0.4, 0.5) is 5.69 Å². The lowest BCUT2D eigenvalue weighted by atomic mass is 10.1. The minimum Gasteiger partial charge on any atom is -0.447 e. The van der Waals surface area contributed by atoms with Crippen LogP contribution in [0, 0.1) is 10.1 Å². The van der Waals surface area contributed by atoms with E-state index in [9.17, 15) is 19.7 Å². The van der Waals surface area contributed by atoms with Crippen LogP contribution in [-0.4, -0.2) is 22.1 Å². The molecule has 7 heteroatoms. The summed E-state index contributed by atoms with van der Waals surface area (Å²) < 4.78 is 5.26. The van der Waals surface area contributed by atoms with Crippen molar-refractivity contribution < 1.29 is 19.2 Å². The summed E-state index contributed by atoms with van der Waals surface area (Å²) in [5, 5.41) is 10.6. The molecule has 0 saturated heterocycles. The third-order valence-corrected chi connectivity index (χ3v) is 4.49. The molecule has 1 aliphatic heterocycles. The van der Waals surface area contributed by atoms with Gasteiger partial charge >= 0.3 is 5.97 Å². The highest BCUT2D eigenvalue weighted by molar-refractivity contribution is 8.00. The van der Waals surface area contributed by atoms with Crippen LogP contribution in [0.25, 0.3) is 0 Å². The topological polar surface area (TPSA) is 86.5 Å².